The van der Waals surface area contributed by atoms with Crippen LogP contribution in [0.5, 0.6) is 11.5 Å². The van der Waals surface area contributed by atoms with Gasteiger partial charge in [-0.25, -0.2) is 4.98 Å². The Bertz CT molecular complexity index is 908. The molecule has 0 saturated carbocycles. The molecule has 0 aliphatic carbocycles. The van der Waals surface area contributed by atoms with Gasteiger partial charge in [-0.1, -0.05) is 12.1 Å². The number of hydrogen-bond donors (Lipinski definition) is 1. The second-order valence-electron chi connectivity index (χ2n) is 6.22. The Morgan fingerprint density at radius 3 is 2.70 bits per heavy atom. The number of methoxy groups -OCH3 is 2. The summed E-state index contributed by atoms with van der Waals surface area (Å²) in [7, 11) is 5.07. The first kappa shape index (κ1) is 19.1. The van der Waals surface area contributed by atoms with Gasteiger partial charge in [0, 0.05) is 6.07 Å². The predicted molar refractivity (Wildman–Crippen MR) is 109 cm³/mol. The molecule has 0 aliphatic heterocycles. The number of anilines is 1. The van der Waals surface area contributed by atoms with Crippen molar-refractivity contribution < 1.29 is 14.3 Å². The van der Waals surface area contributed by atoms with E-state index in [1.54, 1.807) is 43.8 Å². The van der Waals surface area contributed by atoms with Crippen molar-refractivity contribution in [2.24, 2.45) is 0 Å². The summed E-state index contributed by atoms with van der Waals surface area (Å²) in [5.41, 5.74) is 1.61. The van der Waals surface area contributed by atoms with Crippen LogP contribution in [0.25, 0.3) is 10.2 Å². The quantitative estimate of drug-likeness (QED) is 0.671. The fraction of sp³-hybridized carbons (Fsp3) is 0.300. The van der Waals surface area contributed by atoms with Crippen LogP contribution in [0.2, 0.25) is 0 Å². The van der Waals surface area contributed by atoms with Gasteiger partial charge in [0.25, 0.3) is 0 Å². The highest BCUT2D eigenvalue weighted by Gasteiger charge is 2.21. The van der Waals surface area contributed by atoms with Crippen molar-refractivity contribution in [2.75, 3.05) is 26.6 Å². The van der Waals surface area contributed by atoms with Crippen LogP contribution >= 0.6 is 11.3 Å². The van der Waals surface area contributed by atoms with Gasteiger partial charge in [0.15, 0.2) is 0 Å². The summed E-state index contributed by atoms with van der Waals surface area (Å²) in [4.78, 5) is 19.3. The molecule has 7 heteroatoms. The van der Waals surface area contributed by atoms with Gasteiger partial charge in [-0.2, -0.15) is 0 Å². The molecule has 27 heavy (non-hydrogen) atoms. The molecule has 1 amide bonds. The lowest BCUT2D eigenvalue weighted by Gasteiger charge is -2.23. The first-order valence-electron chi connectivity index (χ1n) is 8.59. The predicted octanol–water partition coefficient (Wildman–Crippen LogP) is 3.77. The molecule has 1 aromatic heterocycles. The Kier molecular flexibility index (Phi) is 5.93. The molecule has 1 heterocycles. The lowest BCUT2D eigenvalue weighted by atomic mass is 10.2. The number of rotatable bonds is 7. The Labute approximate surface area is 162 Å². The van der Waals surface area contributed by atoms with Crippen LogP contribution in [0.4, 0.5) is 5.69 Å². The summed E-state index contributed by atoms with van der Waals surface area (Å²) in [6.07, 6.45) is 0. The zero-order valence-electron chi connectivity index (χ0n) is 15.9. The van der Waals surface area contributed by atoms with Crippen LogP contribution in [-0.4, -0.2) is 43.1 Å². The van der Waals surface area contributed by atoms with E-state index >= 15 is 0 Å². The topological polar surface area (TPSA) is 63.7 Å². The molecule has 1 unspecified atom stereocenters. The number of fused-ring (bicyclic) bond motifs is 1. The highest BCUT2D eigenvalue weighted by molar-refractivity contribution is 7.18. The molecule has 3 aromatic rings. The average molecular weight is 385 g/mol. The molecule has 3 rings (SSSR count). The van der Waals surface area contributed by atoms with Crippen LogP contribution < -0.4 is 14.8 Å². The first-order valence-corrected chi connectivity index (χ1v) is 9.41. The maximum atomic E-state index is 12.7. The monoisotopic (exact) mass is 385 g/mol. The number of nitrogens with one attached hydrogen (secondary N) is 1. The van der Waals surface area contributed by atoms with Crippen molar-refractivity contribution in [2.45, 2.75) is 19.5 Å². The highest BCUT2D eigenvalue weighted by Crippen LogP contribution is 2.29. The lowest BCUT2D eigenvalue weighted by Crippen LogP contribution is -2.39. The molecule has 0 radical (unpaired) electrons. The van der Waals surface area contributed by atoms with Crippen LogP contribution in [0.1, 0.15) is 11.9 Å². The zero-order valence-corrected chi connectivity index (χ0v) is 16.7. The molecular weight excluding hydrogens is 362 g/mol. The highest BCUT2D eigenvalue weighted by atomic mass is 32.1. The van der Waals surface area contributed by atoms with Crippen molar-refractivity contribution in [1.29, 1.82) is 0 Å². The van der Waals surface area contributed by atoms with Gasteiger partial charge >= 0.3 is 0 Å². The number of ether oxygens (including phenoxy) is 2. The fourth-order valence-electron chi connectivity index (χ4n) is 2.68. The number of carbonyl (C=O) groups is 1. The number of nitrogens with zero attached hydrogens (tertiary/aromatic N) is 2. The minimum atomic E-state index is -0.330. The number of hydrogen-bond acceptors (Lipinski definition) is 6. The van der Waals surface area contributed by atoms with Crippen molar-refractivity contribution in [1.82, 2.24) is 9.88 Å². The van der Waals surface area contributed by atoms with Crippen LogP contribution in [-0.2, 0) is 11.3 Å². The van der Waals surface area contributed by atoms with E-state index in [0.29, 0.717) is 23.7 Å². The third-order valence-electron chi connectivity index (χ3n) is 4.43. The number of aromatic nitrogens is 1. The van der Waals surface area contributed by atoms with E-state index in [4.69, 9.17) is 9.47 Å². The molecule has 0 fully saturated rings. The second-order valence-corrected chi connectivity index (χ2v) is 7.34. The van der Waals surface area contributed by atoms with Gasteiger partial charge in [-0.3, -0.25) is 9.69 Å². The van der Waals surface area contributed by atoms with Crippen molar-refractivity contribution in [3.63, 3.8) is 0 Å². The van der Waals surface area contributed by atoms with Gasteiger partial charge in [0.05, 0.1) is 42.7 Å². The molecule has 0 saturated heterocycles. The number of thiazole rings is 1. The molecule has 1 N–H and O–H groups in total. The standard InChI is InChI=1S/C20H23N3O3S/c1-13(20(24)22-15-10-9-14(25-3)11-17(15)26-4)23(2)12-19-21-16-7-5-6-8-18(16)27-19/h5-11,13H,12H2,1-4H3,(H,22,24). The van der Waals surface area contributed by atoms with Gasteiger partial charge in [-0.15, -0.1) is 11.3 Å². The number of amides is 1. The van der Waals surface area contributed by atoms with E-state index < -0.39 is 0 Å². The molecule has 0 spiro atoms. The second kappa shape index (κ2) is 8.37. The van der Waals surface area contributed by atoms with E-state index in [2.05, 4.69) is 16.4 Å². The van der Waals surface area contributed by atoms with E-state index in [-0.39, 0.29) is 11.9 Å². The molecule has 142 valence electrons. The third-order valence-corrected chi connectivity index (χ3v) is 5.45. The molecule has 0 aliphatic rings. The summed E-state index contributed by atoms with van der Waals surface area (Å²) in [6.45, 7) is 2.48. The summed E-state index contributed by atoms with van der Waals surface area (Å²) in [6, 6.07) is 13.0. The largest absolute Gasteiger partial charge is 0.497 e. The minimum Gasteiger partial charge on any atom is -0.497 e. The summed E-state index contributed by atoms with van der Waals surface area (Å²) in [5.74, 6) is 1.12. The number of para-hydroxylation sites is 1. The Balaban J connectivity index is 1.67. The van der Waals surface area contributed by atoms with Crippen molar-refractivity contribution >= 4 is 33.1 Å². The Hall–Kier alpha value is -2.64. The van der Waals surface area contributed by atoms with Gasteiger partial charge < -0.3 is 14.8 Å². The van der Waals surface area contributed by atoms with E-state index in [1.807, 2.05) is 37.1 Å². The summed E-state index contributed by atoms with van der Waals surface area (Å²) < 4.78 is 11.7. The smallest absolute Gasteiger partial charge is 0.241 e. The molecule has 2 aromatic carbocycles. The van der Waals surface area contributed by atoms with Crippen LogP contribution in [0.15, 0.2) is 42.5 Å². The number of benzene rings is 2. The average Bonchev–Trinajstić information content (AvgIpc) is 3.09. The summed E-state index contributed by atoms with van der Waals surface area (Å²) >= 11 is 1.65. The first-order chi connectivity index (χ1) is 13.0. The maximum absolute atomic E-state index is 12.7. The van der Waals surface area contributed by atoms with Gasteiger partial charge in [0.1, 0.15) is 16.5 Å². The number of likely N-dealkylation sites (N-methyl/N-ethyl adjacent to an activating group) is 1. The number of carbonyl (C=O) groups excluding carboxylic acids is 1. The van der Waals surface area contributed by atoms with Crippen LogP contribution in [0, 0.1) is 0 Å². The SMILES string of the molecule is COc1ccc(NC(=O)C(C)N(C)Cc2nc3ccccc3s2)c(OC)c1. The fourth-order valence-corrected chi connectivity index (χ4v) is 3.71. The van der Waals surface area contributed by atoms with Crippen LogP contribution in [0.3, 0.4) is 0 Å². The third kappa shape index (κ3) is 4.37. The zero-order chi connectivity index (χ0) is 19.4. The van der Waals surface area contributed by atoms with E-state index in [9.17, 15) is 4.79 Å². The van der Waals surface area contributed by atoms with E-state index in [1.165, 1.54) is 0 Å². The van der Waals surface area contributed by atoms with Crippen molar-refractivity contribution in [3.05, 3.63) is 47.5 Å². The van der Waals surface area contributed by atoms with E-state index in [0.717, 1.165) is 15.2 Å². The minimum absolute atomic E-state index is 0.109. The van der Waals surface area contributed by atoms with Gasteiger partial charge in [-0.05, 0) is 38.2 Å². The van der Waals surface area contributed by atoms with Crippen molar-refractivity contribution in [3.8, 4) is 11.5 Å². The Morgan fingerprint density at radius 2 is 2.00 bits per heavy atom. The molecule has 1 atom stereocenters. The molecular formula is C20H23N3O3S. The molecule has 6 nitrogen and oxygen atoms in total. The molecule has 0 bridgehead atoms. The lowest BCUT2D eigenvalue weighted by molar-refractivity contribution is -0.120. The summed E-state index contributed by atoms with van der Waals surface area (Å²) in [5, 5.41) is 3.91. The maximum Gasteiger partial charge on any atom is 0.241 e. The Morgan fingerprint density at radius 1 is 1.22 bits per heavy atom. The van der Waals surface area contributed by atoms with Gasteiger partial charge in [0.2, 0.25) is 5.91 Å². The normalized spacial score (nSPS) is 12.2.